The Bertz CT molecular complexity index is 325. The van der Waals surface area contributed by atoms with Crippen LogP contribution in [0.5, 0.6) is 0 Å². The molecule has 1 amide bonds. The first-order valence-corrected chi connectivity index (χ1v) is 4.42. The molecular formula is C10H11NO3. The smallest absolute Gasteiger partial charge is 0.412 e. The molecule has 0 radical (unpaired) electrons. The van der Waals surface area contributed by atoms with Gasteiger partial charge < -0.3 is 9.84 Å². The van der Waals surface area contributed by atoms with E-state index >= 15 is 0 Å². The van der Waals surface area contributed by atoms with Gasteiger partial charge in [-0.15, -0.1) is 0 Å². The van der Waals surface area contributed by atoms with Crippen molar-refractivity contribution < 1.29 is 14.6 Å². The lowest BCUT2D eigenvalue weighted by Gasteiger charge is -2.08. The number of carbonyl (C=O) groups excluding carboxylic acids is 1. The molecule has 0 spiro atoms. The van der Waals surface area contributed by atoms with Crippen molar-refractivity contribution in [3.8, 4) is 0 Å². The standard InChI is InChI=1S/C10H11NO3/c12-7-11-6-9(14-10(11)13)8-4-2-1-3-5-8/h1-5,9,12H,6-7H2. The van der Waals surface area contributed by atoms with E-state index in [1.54, 1.807) is 0 Å². The molecule has 0 bridgehead atoms. The van der Waals surface area contributed by atoms with Crippen LogP contribution in [0.1, 0.15) is 11.7 Å². The zero-order chi connectivity index (χ0) is 9.97. The minimum Gasteiger partial charge on any atom is -0.439 e. The number of nitrogens with zero attached hydrogens (tertiary/aromatic N) is 1. The number of aliphatic hydroxyl groups is 1. The van der Waals surface area contributed by atoms with Crippen molar-refractivity contribution in [3.05, 3.63) is 35.9 Å². The molecule has 2 rings (SSSR count). The van der Waals surface area contributed by atoms with Crippen LogP contribution in [0.4, 0.5) is 4.79 Å². The van der Waals surface area contributed by atoms with Gasteiger partial charge in [0.25, 0.3) is 0 Å². The molecule has 1 unspecified atom stereocenters. The Balaban J connectivity index is 2.13. The summed E-state index contributed by atoms with van der Waals surface area (Å²) in [5, 5.41) is 8.83. The molecule has 14 heavy (non-hydrogen) atoms. The van der Waals surface area contributed by atoms with Crippen LogP contribution in [-0.4, -0.2) is 29.4 Å². The number of amides is 1. The monoisotopic (exact) mass is 193 g/mol. The number of ether oxygens (including phenoxy) is 1. The summed E-state index contributed by atoms with van der Waals surface area (Å²) in [5.74, 6) is 0. The maximum atomic E-state index is 11.1. The first-order chi connectivity index (χ1) is 6.81. The normalized spacial score (nSPS) is 21.1. The van der Waals surface area contributed by atoms with Gasteiger partial charge in [0, 0.05) is 0 Å². The van der Waals surface area contributed by atoms with Gasteiger partial charge in [-0.1, -0.05) is 30.3 Å². The third kappa shape index (κ3) is 1.56. The summed E-state index contributed by atoms with van der Waals surface area (Å²) < 4.78 is 5.08. The number of hydrogen-bond acceptors (Lipinski definition) is 3. The first kappa shape index (κ1) is 9.02. The zero-order valence-corrected chi connectivity index (χ0v) is 7.59. The lowest BCUT2D eigenvalue weighted by molar-refractivity contribution is 0.112. The van der Waals surface area contributed by atoms with Gasteiger partial charge in [-0.05, 0) is 5.56 Å². The minimum absolute atomic E-state index is 0.254. The molecule has 1 aliphatic heterocycles. The molecule has 1 N–H and O–H groups in total. The SMILES string of the molecule is O=C1OC(c2ccccc2)CN1CO. The van der Waals surface area contributed by atoms with Crippen molar-refractivity contribution in [1.82, 2.24) is 4.90 Å². The molecular weight excluding hydrogens is 182 g/mol. The Morgan fingerprint density at radius 1 is 1.43 bits per heavy atom. The molecule has 1 heterocycles. The molecule has 0 aliphatic carbocycles. The average Bonchev–Trinajstić information content (AvgIpc) is 2.61. The number of benzene rings is 1. The fourth-order valence-electron chi connectivity index (χ4n) is 1.46. The first-order valence-electron chi connectivity index (χ1n) is 4.42. The lowest BCUT2D eigenvalue weighted by Crippen LogP contribution is -2.24. The van der Waals surface area contributed by atoms with Gasteiger partial charge in [-0.25, -0.2) is 4.79 Å². The van der Waals surface area contributed by atoms with Crippen molar-refractivity contribution in [2.75, 3.05) is 13.3 Å². The van der Waals surface area contributed by atoms with E-state index in [1.165, 1.54) is 4.90 Å². The van der Waals surface area contributed by atoms with Gasteiger partial charge >= 0.3 is 6.09 Å². The molecule has 1 aromatic rings. The predicted octanol–water partition coefficient (Wildman–Crippen LogP) is 1.13. The number of hydrogen-bond donors (Lipinski definition) is 1. The topological polar surface area (TPSA) is 49.8 Å². The molecule has 0 saturated carbocycles. The van der Waals surface area contributed by atoms with E-state index in [9.17, 15) is 4.79 Å². The Morgan fingerprint density at radius 3 is 2.71 bits per heavy atom. The van der Waals surface area contributed by atoms with Gasteiger partial charge in [-0.3, -0.25) is 4.90 Å². The van der Waals surface area contributed by atoms with Crippen LogP contribution in [0.15, 0.2) is 30.3 Å². The zero-order valence-electron chi connectivity index (χ0n) is 7.59. The molecule has 1 atom stereocenters. The molecule has 1 fully saturated rings. The highest BCUT2D eigenvalue weighted by Crippen LogP contribution is 2.24. The van der Waals surface area contributed by atoms with E-state index in [4.69, 9.17) is 9.84 Å². The summed E-state index contributed by atoms with van der Waals surface area (Å²) in [6, 6.07) is 9.50. The van der Waals surface area contributed by atoms with Crippen LogP contribution < -0.4 is 0 Å². The maximum absolute atomic E-state index is 11.1. The second kappa shape index (κ2) is 3.67. The van der Waals surface area contributed by atoms with Crippen LogP contribution in [0.2, 0.25) is 0 Å². The summed E-state index contributed by atoms with van der Waals surface area (Å²) in [7, 11) is 0. The molecule has 4 heteroatoms. The van der Waals surface area contributed by atoms with Crippen molar-refractivity contribution in [1.29, 1.82) is 0 Å². The van der Waals surface area contributed by atoms with E-state index < -0.39 is 6.09 Å². The fourth-order valence-corrected chi connectivity index (χ4v) is 1.46. The summed E-state index contributed by atoms with van der Waals surface area (Å²) >= 11 is 0. The van der Waals surface area contributed by atoms with Crippen molar-refractivity contribution in [2.24, 2.45) is 0 Å². The Morgan fingerprint density at radius 2 is 2.14 bits per heavy atom. The van der Waals surface area contributed by atoms with Gasteiger partial charge in [0.2, 0.25) is 0 Å². The molecule has 1 aromatic carbocycles. The summed E-state index contributed by atoms with van der Waals surface area (Å²) in [4.78, 5) is 12.4. The van der Waals surface area contributed by atoms with E-state index in [1.807, 2.05) is 30.3 Å². The predicted molar refractivity (Wildman–Crippen MR) is 49.5 cm³/mol. The number of carbonyl (C=O) groups is 1. The van der Waals surface area contributed by atoms with E-state index in [2.05, 4.69) is 0 Å². The molecule has 4 nitrogen and oxygen atoms in total. The van der Waals surface area contributed by atoms with Crippen LogP contribution in [0.3, 0.4) is 0 Å². The Hall–Kier alpha value is -1.55. The van der Waals surface area contributed by atoms with Gasteiger partial charge in [-0.2, -0.15) is 0 Å². The number of rotatable bonds is 2. The van der Waals surface area contributed by atoms with Crippen LogP contribution in [-0.2, 0) is 4.74 Å². The van der Waals surface area contributed by atoms with Crippen molar-refractivity contribution in [3.63, 3.8) is 0 Å². The lowest BCUT2D eigenvalue weighted by atomic mass is 10.1. The summed E-state index contributed by atoms with van der Waals surface area (Å²) in [6.45, 7) is 0.127. The maximum Gasteiger partial charge on any atom is 0.412 e. The summed E-state index contributed by atoms with van der Waals surface area (Å²) in [5.41, 5.74) is 0.955. The largest absolute Gasteiger partial charge is 0.439 e. The van der Waals surface area contributed by atoms with Crippen LogP contribution >= 0.6 is 0 Å². The van der Waals surface area contributed by atoms with Gasteiger partial charge in [0.05, 0.1) is 6.54 Å². The van der Waals surface area contributed by atoms with Crippen molar-refractivity contribution in [2.45, 2.75) is 6.10 Å². The van der Waals surface area contributed by atoms with E-state index in [-0.39, 0.29) is 12.8 Å². The highest BCUT2D eigenvalue weighted by atomic mass is 16.6. The molecule has 0 aromatic heterocycles. The van der Waals surface area contributed by atoms with E-state index in [0.717, 1.165) is 5.56 Å². The Kier molecular flexibility index (Phi) is 2.37. The van der Waals surface area contributed by atoms with Crippen molar-refractivity contribution >= 4 is 6.09 Å². The third-order valence-corrected chi connectivity index (χ3v) is 2.23. The molecule has 74 valence electrons. The Labute approximate surface area is 81.7 Å². The number of cyclic esters (lactones) is 1. The second-order valence-corrected chi connectivity index (χ2v) is 3.15. The summed E-state index contributed by atoms with van der Waals surface area (Å²) in [6.07, 6.45) is -0.711. The van der Waals surface area contributed by atoms with Gasteiger partial charge in [0.15, 0.2) is 0 Å². The highest BCUT2D eigenvalue weighted by Gasteiger charge is 2.31. The average molecular weight is 193 g/mol. The molecule has 1 aliphatic rings. The second-order valence-electron chi connectivity index (χ2n) is 3.15. The van der Waals surface area contributed by atoms with Crippen LogP contribution in [0, 0.1) is 0 Å². The minimum atomic E-state index is -0.457. The number of aliphatic hydroxyl groups excluding tert-OH is 1. The fraction of sp³-hybridized carbons (Fsp3) is 0.300. The molecule has 1 saturated heterocycles. The quantitative estimate of drug-likeness (QED) is 0.766. The third-order valence-electron chi connectivity index (χ3n) is 2.23. The highest BCUT2D eigenvalue weighted by molar-refractivity contribution is 5.70. The van der Waals surface area contributed by atoms with Crippen LogP contribution in [0.25, 0.3) is 0 Å². The van der Waals surface area contributed by atoms with E-state index in [0.29, 0.717) is 6.54 Å². The van der Waals surface area contributed by atoms with Gasteiger partial charge in [0.1, 0.15) is 12.8 Å².